The van der Waals surface area contributed by atoms with Crippen molar-refractivity contribution in [2.24, 2.45) is 5.92 Å². The number of carbonyl (C=O) groups is 1. The first-order chi connectivity index (χ1) is 16.8. The average Bonchev–Trinajstić information content (AvgIpc) is 3.49. The van der Waals surface area contributed by atoms with Crippen molar-refractivity contribution in [1.82, 2.24) is 0 Å². The quantitative estimate of drug-likeness (QED) is 0.226. The van der Waals surface area contributed by atoms with Crippen molar-refractivity contribution in [3.63, 3.8) is 0 Å². The van der Waals surface area contributed by atoms with Crippen molar-refractivity contribution in [1.29, 1.82) is 0 Å². The molecule has 3 atom stereocenters. The predicted molar refractivity (Wildman–Crippen MR) is 140 cm³/mol. The lowest BCUT2D eigenvalue weighted by Gasteiger charge is -2.20. The molecule has 34 heavy (non-hydrogen) atoms. The molecule has 0 amide bonds. The largest absolute Gasteiger partial charge is 0.298 e. The first-order valence-corrected chi connectivity index (χ1v) is 12.3. The topological polar surface area (TPSA) is 17.1 Å². The zero-order valence-electron chi connectivity index (χ0n) is 19.2. The van der Waals surface area contributed by atoms with Crippen LogP contribution in [0.5, 0.6) is 0 Å². The van der Waals surface area contributed by atoms with Gasteiger partial charge in [0.2, 0.25) is 0 Å². The van der Waals surface area contributed by atoms with E-state index in [4.69, 9.17) is 0 Å². The normalized spacial score (nSPS) is 20.4. The zero-order chi connectivity index (χ0) is 22.9. The summed E-state index contributed by atoms with van der Waals surface area (Å²) in [7, 11) is 0. The first-order valence-electron chi connectivity index (χ1n) is 12.3. The van der Waals surface area contributed by atoms with E-state index in [9.17, 15) is 4.79 Å². The minimum Gasteiger partial charge on any atom is -0.298 e. The van der Waals surface area contributed by atoms with Gasteiger partial charge in [-0.2, -0.15) is 0 Å². The Labute approximate surface area is 201 Å². The van der Waals surface area contributed by atoms with E-state index < -0.39 is 0 Å². The molecule has 166 valence electrons. The van der Waals surface area contributed by atoms with Gasteiger partial charge in [-0.25, -0.2) is 0 Å². The molecule has 0 saturated heterocycles. The van der Waals surface area contributed by atoms with Gasteiger partial charge in [0.25, 0.3) is 0 Å². The second kappa shape index (κ2) is 8.91. The summed E-state index contributed by atoms with van der Waals surface area (Å²) in [6.45, 7) is 0. The fourth-order valence-corrected chi connectivity index (χ4v) is 6.24. The summed E-state index contributed by atoms with van der Waals surface area (Å²) in [5.41, 5.74) is 9.94. The summed E-state index contributed by atoms with van der Waals surface area (Å²) >= 11 is 0. The monoisotopic (exact) mass is 440 g/mol. The Kier molecular flexibility index (Phi) is 5.47. The van der Waals surface area contributed by atoms with Gasteiger partial charge in [-0.15, -0.1) is 0 Å². The van der Waals surface area contributed by atoms with Gasteiger partial charge in [0, 0.05) is 11.5 Å². The lowest BCUT2D eigenvalue weighted by atomic mass is 9.83. The molecule has 4 aromatic carbocycles. The highest BCUT2D eigenvalue weighted by Crippen LogP contribution is 2.57. The number of aldehydes is 1. The van der Waals surface area contributed by atoms with Crippen LogP contribution in [0.4, 0.5) is 0 Å². The molecule has 0 aromatic heterocycles. The van der Waals surface area contributed by atoms with Crippen LogP contribution in [0.25, 0.3) is 11.6 Å². The predicted octanol–water partition coefficient (Wildman–Crippen LogP) is 8.12. The molecule has 4 aromatic rings. The number of rotatable bonds is 5. The number of carbonyl (C=O) groups excluding carboxylic acids is 1. The van der Waals surface area contributed by atoms with Crippen LogP contribution >= 0.6 is 0 Å². The Balaban J connectivity index is 1.37. The van der Waals surface area contributed by atoms with Crippen LogP contribution in [0, 0.1) is 5.92 Å². The summed E-state index contributed by atoms with van der Waals surface area (Å²) in [6, 6.07) is 36.7. The third-order valence-corrected chi connectivity index (χ3v) is 7.76. The fraction of sp³-hybridized carbons (Fsp3) is 0.182. The van der Waals surface area contributed by atoms with E-state index in [1.54, 1.807) is 0 Å². The standard InChI is InChI=1S/C33H28O/c34-22-24-16-19-30-32(21-24)28-12-7-13-29(28)33(30)27-17-14-23(15-18-27)20-31(25-8-3-1-4-9-25)26-10-5-2-6-11-26/h1-6,8-11,14-22,28-29,33H,7,12-13H2. The van der Waals surface area contributed by atoms with Crippen molar-refractivity contribution in [2.45, 2.75) is 31.1 Å². The molecule has 1 saturated carbocycles. The Morgan fingerprint density at radius 2 is 1.32 bits per heavy atom. The molecule has 0 spiro atoms. The van der Waals surface area contributed by atoms with Gasteiger partial charge >= 0.3 is 0 Å². The highest BCUT2D eigenvalue weighted by atomic mass is 16.1. The molecule has 1 nitrogen and oxygen atoms in total. The highest BCUT2D eigenvalue weighted by Gasteiger charge is 2.43. The van der Waals surface area contributed by atoms with Crippen molar-refractivity contribution >= 4 is 17.9 Å². The second-order valence-electron chi connectivity index (χ2n) is 9.64. The molecule has 0 N–H and O–H groups in total. The lowest BCUT2D eigenvalue weighted by molar-refractivity contribution is 0.112. The van der Waals surface area contributed by atoms with Gasteiger partial charge in [-0.3, -0.25) is 4.79 Å². The van der Waals surface area contributed by atoms with Crippen LogP contribution in [0.3, 0.4) is 0 Å². The molecule has 1 heteroatoms. The zero-order valence-corrected chi connectivity index (χ0v) is 19.2. The molecule has 0 heterocycles. The smallest absolute Gasteiger partial charge is 0.150 e. The van der Waals surface area contributed by atoms with E-state index in [0.717, 1.165) is 11.8 Å². The molecule has 0 aliphatic heterocycles. The summed E-state index contributed by atoms with van der Waals surface area (Å²) < 4.78 is 0. The van der Waals surface area contributed by atoms with E-state index in [-0.39, 0.29) is 0 Å². The van der Waals surface area contributed by atoms with Gasteiger partial charge in [-0.1, -0.05) is 103 Å². The minimum absolute atomic E-state index is 0.434. The van der Waals surface area contributed by atoms with Crippen molar-refractivity contribution in [2.75, 3.05) is 0 Å². The molecule has 1 fully saturated rings. The summed E-state index contributed by atoms with van der Waals surface area (Å²) in [6.07, 6.45) is 7.08. The van der Waals surface area contributed by atoms with Crippen LogP contribution < -0.4 is 0 Å². The molecule has 2 aliphatic rings. The van der Waals surface area contributed by atoms with Gasteiger partial charge in [-0.05, 0) is 75.8 Å². The summed E-state index contributed by atoms with van der Waals surface area (Å²) in [5, 5.41) is 0. The SMILES string of the molecule is O=Cc1ccc2c(c1)C1CCCC1C2c1ccc(C=C(c2ccccc2)c2ccccc2)cc1. The van der Waals surface area contributed by atoms with Crippen LogP contribution in [0.15, 0.2) is 103 Å². The molecule has 0 radical (unpaired) electrons. The fourth-order valence-electron chi connectivity index (χ4n) is 6.24. The number of fused-ring (bicyclic) bond motifs is 3. The third kappa shape index (κ3) is 3.72. The van der Waals surface area contributed by atoms with Gasteiger partial charge in [0.05, 0.1) is 0 Å². The first kappa shape index (κ1) is 20.9. The Morgan fingerprint density at radius 1 is 0.676 bits per heavy atom. The van der Waals surface area contributed by atoms with Crippen LogP contribution in [-0.4, -0.2) is 6.29 Å². The number of hydrogen-bond acceptors (Lipinski definition) is 1. The maximum Gasteiger partial charge on any atom is 0.150 e. The Morgan fingerprint density at radius 3 is 1.97 bits per heavy atom. The molecule has 2 aliphatic carbocycles. The van der Waals surface area contributed by atoms with Crippen LogP contribution in [-0.2, 0) is 0 Å². The molecule has 3 unspecified atom stereocenters. The number of hydrogen-bond donors (Lipinski definition) is 0. The average molecular weight is 441 g/mol. The van der Waals surface area contributed by atoms with Gasteiger partial charge in [0.1, 0.15) is 6.29 Å². The second-order valence-corrected chi connectivity index (χ2v) is 9.64. The number of benzene rings is 4. The van der Waals surface area contributed by atoms with Crippen molar-refractivity contribution in [3.8, 4) is 0 Å². The minimum atomic E-state index is 0.434. The van der Waals surface area contributed by atoms with Gasteiger partial charge in [0.15, 0.2) is 0 Å². The molecule has 0 bridgehead atoms. The van der Waals surface area contributed by atoms with E-state index >= 15 is 0 Å². The van der Waals surface area contributed by atoms with Crippen molar-refractivity contribution < 1.29 is 4.79 Å². The van der Waals surface area contributed by atoms with Crippen molar-refractivity contribution in [3.05, 3.63) is 142 Å². The maximum absolute atomic E-state index is 11.4. The van der Waals surface area contributed by atoms with E-state index in [1.807, 2.05) is 6.07 Å². The van der Waals surface area contributed by atoms with E-state index in [1.165, 1.54) is 58.2 Å². The van der Waals surface area contributed by atoms with E-state index in [0.29, 0.717) is 17.8 Å². The lowest BCUT2D eigenvalue weighted by Crippen LogP contribution is -2.08. The van der Waals surface area contributed by atoms with Gasteiger partial charge < -0.3 is 0 Å². The molecule has 6 rings (SSSR count). The maximum atomic E-state index is 11.4. The van der Waals surface area contributed by atoms with Crippen LogP contribution in [0.2, 0.25) is 0 Å². The van der Waals surface area contributed by atoms with Crippen LogP contribution in [0.1, 0.15) is 74.8 Å². The molecular formula is C33H28O. The Bertz CT molecular complexity index is 1290. The summed E-state index contributed by atoms with van der Waals surface area (Å²) in [5.74, 6) is 1.69. The third-order valence-electron chi connectivity index (χ3n) is 7.76. The van der Waals surface area contributed by atoms with E-state index in [2.05, 4.69) is 103 Å². The Hall–Kier alpha value is -3.71. The summed E-state index contributed by atoms with van der Waals surface area (Å²) in [4.78, 5) is 11.4. The highest BCUT2D eigenvalue weighted by molar-refractivity contribution is 5.91. The molecular weight excluding hydrogens is 412 g/mol.